The van der Waals surface area contributed by atoms with Crippen LogP contribution in [0.2, 0.25) is 0 Å². The zero-order valence-corrected chi connectivity index (χ0v) is 18.3. The van der Waals surface area contributed by atoms with Crippen LogP contribution in [0.25, 0.3) is 11.4 Å². The van der Waals surface area contributed by atoms with Crippen molar-refractivity contribution in [3.63, 3.8) is 0 Å². The zero-order chi connectivity index (χ0) is 23.5. The molecule has 1 aromatic heterocycles. The van der Waals surface area contributed by atoms with Crippen LogP contribution in [-0.2, 0) is 9.59 Å². The number of benzene rings is 2. The topological polar surface area (TPSA) is 118 Å². The Kier molecular flexibility index (Phi) is 5.94. The number of para-hydroxylation sites is 1. The summed E-state index contributed by atoms with van der Waals surface area (Å²) in [7, 11) is 0. The van der Waals surface area contributed by atoms with Crippen molar-refractivity contribution >= 4 is 23.5 Å². The number of likely N-dealkylation sites (tertiary alicyclic amines) is 1. The van der Waals surface area contributed by atoms with Crippen molar-refractivity contribution in [1.82, 2.24) is 20.4 Å². The quantitative estimate of drug-likeness (QED) is 0.561. The van der Waals surface area contributed by atoms with Crippen LogP contribution in [-0.4, -0.2) is 52.6 Å². The number of nitrogens with zero attached hydrogens (tertiary/aromatic N) is 4. The van der Waals surface area contributed by atoms with E-state index < -0.39 is 6.03 Å². The van der Waals surface area contributed by atoms with Crippen LogP contribution < -0.4 is 15.0 Å². The SMILES string of the molecule is O=C1CN(c2cccc(-c3noc(C4CCCCN4C(=O)COc4ccccc4)n3)c2)C(=O)N1. The molecule has 1 atom stereocenters. The van der Waals surface area contributed by atoms with Crippen molar-refractivity contribution in [2.75, 3.05) is 24.6 Å². The van der Waals surface area contributed by atoms with Gasteiger partial charge in [-0.15, -0.1) is 0 Å². The van der Waals surface area contributed by atoms with E-state index in [1.54, 1.807) is 41.3 Å². The Bertz CT molecular complexity index is 1210. The van der Waals surface area contributed by atoms with E-state index in [1.807, 2.05) is 18.2 Å². The summed E-state index contributed by atoms with van der Waals surface area (Å²) in [5, 5.41) is 6.37. The Morgan fingerprint density at radius 2 is 1.97 bits per heavy atom. The standard InChI is InChI=1S/C24H23N5O5/c30-20-14-29(24(32)25-20)17-8-6-7-16(13-17)22-26-23(34-27-22)19-11-4-5-12-28(19)21(31)15-33-18-9-2-1-3-10-18/h1-3,6-10,13,19H,4-5,11-12,14-15H2,(H,25,30,32). The molecule has 2 aromatic carbocycles. The van der Waals surface area contributed by atoms with E-state index >= 15 is 0 Å². The molecule has 0 spiro atoms. The lowest BCUT2D eigenvalue weighted by molar-refractivity contribution is -0.138. The van der Waals surface area contributed by atoms with E-state index in [1.165, 1.54) is 4.90 Å². The maximum Gasteiger partial charge on any atom is 0.329 e. The maximum absolute atomic E-state index is 12.9. The molecular formula is C24H23N5O5. The van der Waals surface area contributed by atoms with Gasteiger partial charge in [0.2, 0.25) is 17.6 Å². The van der Waals surface area contributed by atoms with Gasteiger partial charge < -0.3 is 14.2 Å². The number of hydrogen-bond donors (Lipinski definition) is 1. The molecule has 10 nitrogen and oxygen atoms in total. The van der Waals surface area contributed by atoms with Crippen LogP contribution in [0.3, 0.4) is 0 Å². The highest BCUT2D eigenvalue weighted by Crippen LogP contribution is 2.32. The Labute approximate surface area is 195 Å². The van der Waals surface area contributed by atoms with Gasteiger partial charge >= 0.3 is 6.03 Å². The number of rotatable bonds is 6. The smallest absolute Gasteiger partial charge is 0.329 e. The van der Waals surface area contributed by atoms with E-state index in [9.17, 15) is 14.4 Å². The average molecular weight is 461 g/mol. The van der Waals surface area contributed by atoms with Crippen LogP contribution in [0, 0.1) is 0 Å². The molecule has 3 heterocycles. The zero-order valence-electron chi connectivity index (χ0n) is 18.3. The summed E-state index contributed by atoms with van der Waals surface area (Å²) in [4.78, 5) is 44.1. The number of piperidine rings is 1. The predicted molar refractivity (Wildman–Crippen MR) is 121 cm³/mol. The van der Waals surface area contributed by atoms with Crippen LogP contribution >= 0.6 is 0 Å². The Hall–Kier alpha value is -4.21. The van der Waals surface area contributed by atoms with E-state index in [2.05, 4.69) is 15.5 Å². The van der Waals surface area contributed by atoms with Gasteiger partial charge in [0.1, 0.15) is 18.3 Å². The summed E-state index contributed by atoms with van der Waals surface area (Å²) < 4.78 is 11.2. The fraction of sp³-hybridized carbons (Fsp3) is 0.292. The van der Waals surface area contributed by atoms with Gasteiger partial charge in [-0.1, -0.05) is 35.5 Å². The second-order valence-electron chi connectivity index (χ2n) is 8.15. The highest BCUT2D eigenvalue weighted by molar-refractivity contribution is 6.12. The largest absolute Gasteiger partial charge is 0.484 e. The second-order valence-corrected chi connectivity index (χ2v) is 8.15. The van der Waals surface area contributed by atoms with Crippen molar-refractivity contribution < 1.29 is 23.6 Å². The van der Waals surface area contributed by atoms with Gasteiger partial charge in [0, 0.05) is 17.8 Å². The van der Waals surface area contributed by atoms with Gasteiger partial charge in [0.15, 0.2) is 6.61 Å². The van der Waals surface area contributed by atoms with Crippen molar-refractivity contribution in [2.45, 2.75) is 25.3 Å². The van der Waals surface area contributed by atoms with Gasteiger partial charge in [-0.05, 0) is 43.5 Å². The molecule has 2 fully saturated rings. The minimum Gasteiger partial charge on any atom is -0.484 e. The first kappa shape index (κ1) is 21.6. The lowest BCUT2D eigenvalue weighted by atomic mass is 10.0. The van der Waals surface area contributed by atoms with Crippen LogP contribution in [0.4, 0.5) is 10.5 Å². The molecule has 2 saturated heterocycles. The number of aromatic nitrogens is 2. The predicted octanol–water partition coefficient (Wildman–Crippen LogP) is 2.93. The number of urea groups is 1. The van der Waals surface area contributed by atoms with Crippen molar-refractivity contribution in [2.24, 2.45) is 0 Å². The van der Waals surface area contributed by atoms with Crippen LogP contribution in [0.5, 0.6) is 5.75 Å². The number of ether oxygens (including phenoxy) is 1. The third-order valence-corrected chi connectivity index (χ3v) is 5.86. The van der Waals surface area contributed by atoms with Gasteiger partial charge in [0.25, 0.3) is 5.91 Å². The van der Waals surface area contributed by atoms with Gasteiger partial charge in [-0.25, -0.2) is 4.79 Å². The number of anilines is 1. The normalized spacial score (nSPS) is 18.2. The first-order chi connectivity index (χ1) is 16.6. The Morgan fingerprint density at radius 1 is 1.12 bits per heavy atom. The summed E-state index contributed by atoms with van der Waals surface area (Å²) in [6.07, 6.45) is 2.56. The van der Waals surface area contributed by atoms with Crippen molar-refractivity contribution in [1.29, 1.82) is 0 Å². The fourth-order valence-corrected chi connectivity index (χ4v) is 4.18. The van der Waals surface area contributed by atoms with Gasteiger partial charge in [-0.3, -0.25) is 19.8 Å². The van der Waals surface area contributed by atoms with E-state index in [0.29, 0.717) is 35.3 Å². The van der Waals surface area contributed by atoms with Gasteiger partial charge in [0.05, 0.1) is 0 Å². The number of amides is 4. The second kappa shape index (κ2) is 9.34. The molecule has 34 heavy (non-hydrogen) atoms. The highest BCUT2D eigenvalue weighted by atomic mass is 16.5. The molecule has 2 aliphatic heterocycles. The van der Waals surface area contributed by atoms with Crippen molar-refractivity contribution in [3.8, 4) is 17.1 Å². The van der Waals surface area contributed by atoms with E-state index in [4.69, 9.17) is 9.26 Å². The fourth-order valence-electron chi connectivity index (χ4n) is 4.18. The molecular weight excluding hydrogens is 438 g/mol. The van der Waals surface area contributed by atoms with Gasteiger partial charge in [-0.2, -0.15) is 4.98 Å². The van der Waals surface area contributed by atoms with Crippen molar-refractivity contribution in [3.05, 3.63) is 60.5 Å². The molecule has 2 aliphatic rings. The van der Waals surface area contributed by atoms with Crippen LogP contribution in [0.15, 0.2) is 59.1 Å². The summed E-state index contributed by atoms with van der Waals surface area (Å²) >= 11 is 0. The molecule has 5 rings (SSSR count). The highest BCUT2D eigenvalue weighted by Gasteiger charge is 2.33. The summed E-state index contributed by atoms with van der Waals surface area (Å²) in [6.45, 7) is 0.483. The summed E-state index contributed by atoms with van der Waals surface area (Å²) in [5.41, 5.74) is 1.19. The Balaban J connectivity index is 1.32. The number of nitrogens with one attached hydrogen (secondary N) is 1. The third kappa shape index (κ3) is 4.47. The molecule has 174 valence electrons. The first-order valence-corrected chi connectivity index (χ1v) is 11.1. The molecule has 1 N–H and O–H groups in total. The summed E-state index contributed by atoms with van der Waals surface area (Å²) in [5.74, 6) is 0.858. The molecule has 0 saturated carbocycles. The third-order valence-electron chi connectivity index (χ3n) is 5.86. The molecule has 0 radical (unpaired) electrons. The number of hydrogen-bond acceptors (Lipinski definition) is 7. The molecule has 4 amide bonds. The van der Waals surface area contributed by atoms with E-state index in [0.717, 1.165) is 19.3 Å². The Morgan fingerprint density at radius 3 is 2.76 bits per heavy atom. The first-order valence-electron chi connectivity index (χ1n) is 11.1. The lowest BCUT2D eigenvalue weighted by Gasteiger charge is -2.33. The lowest BCUT2D eigenvalue weighted by Crippen LogP contribution is -2.41. The monoisotopic (exact) mass is 461 g/mol. The van der Waals surface area contributed by atoms with E-state index in [-0.39, 0.29) is 31.0 Å². The number of carbonyl (C=O) groups is 3. The van der Waals surface area contributed by atoms with Crippen LogP contribution in [0.1, 0.15) is 31.2 Å². The molecule has 0 aliphatic carbocycles. The molecule has 3 aromatic rings. The molecule has 1 unspecified atom stereocenters. The average Bonchev–Trinajstić information content (AvgIpc) is 3.49. The molecule has 10 heteroatoms. The minimum absolute atomic E-state index is 0.0377. The number of imide groups is 1. The maximum atomic E-state index is 12.9. The summed E-state index contributed by atoms with van der Waals surface area (Å²) in [6, 6.07) is 15.4. The number of carbonyl (C=O) groups excluding carboxylic acids is 3. The molecule has 0 bridgehead atoms. The minimum atomic E-state index is -0.468.